The zero-order valence-electron chi connectivity index (χ0n) is 11.4. The van der Waals surface area contributed by atoms with Crippen molar-refractivity contribution in [1.82, 2.24) is 0 Å². The van der Waals surface area contributed by atoms with Gasteiger partial charge in [0, 0.05) is 17.2 Å². The van der Waals surface area contributed by atoms with E-state index in [1.165, 1.54) is 24.3 Å². The molecule has 2 N–H and O–H groups in total. The van der Waals surface area contributed by atoms with Crippen molar-refractivity contribution in [2.24, 2.45) is 0 Å². The number of benzene rings is 2. The first-order valence-electron chi connectivity index (χ1n) is 6.47. The molecule has 0 radical (unpaired) electrons. The number of phenolic OH excluding ortho intramolecular Hbond substituents is 2. The lowest BCUT2D eigenvalue weighted by molar-refractivity contribution is 0.0925. The van der Waals surface area contributed by atoms with Crippen LogP contribution in [0.25, 0.3) is 11.1 Å². The number of ether oxygens (including phenoxy) is 1. The van der Waals surface area contributed by atoms with Gasteiger partial charge in [-0.1, -0.05) is 13.8 Å². The third-order valence-electron chi connectivity index (χ3n) is 2.92. The minimum absolute atomic E-state index is 0.0457. The Morgan fingerprint density at radius 2 is 1.50 bits per heavy atom. The van der Waals surface area contributed by atoms with Gasteiger partial charge in [0.15, 0.2) is 6.61 Å². The van der Waals surface area contributed by atoms with E-state index in [4.69, 9.17) is 4.74 Å². The monoisotopic (exact) mass is 272 g/mol. The molecule has 0 aliphatic carbocycles. The number of carbonyl (C=O) groups excluding carboxylic acids is 1. The number of aromatic hydroxyl groups is 2. The summed E-state index contributed by atoms with van der Waals surface area (Å²) < 4.78 is 5.37. The topological polar surface area (TPSA) is 66.8 Å². The lowest BCUT2D eigenvalue weighted by atomic mass is 9.97. The second kappa shape index (κ2) is 5.65. The van der Waals surface area contributed by atoms with E-state index in [-0.39, 0.29) is 23.9 Å². The average molecular weight is 272 g/mol. The predicted octanol–water partition coefficient (Wildman–Crippen LogP) is 3.37. The number of hydrogen-bond acceptors (Lipinski definition) is 4. The van der Waals surface area contributed by atoms with Gasteiger partial charge in [-0.2, -0.15) is 0 Å². The summed E-state index contributed by atoms with van der Waals surface area (Å²) >= 11 is 0. The molecule has 1 aliphatic heterocycles. The number of carbonyl (C=O) groups is 1. The average Bonchev–Trinajstić information content (AvgIpc) is 2.59. The van der Waals surface area contributed by atoms with Crippen LogP contribution in [0.3, 0.4) is 0 Å². The molecule has 0 saturated heterocycles. The lowest BCUT2D eigenvalue weighted by Gasteiger charge is -2.08. The van der Waals surface area contributed by atoms with Gasteiger partial charge >= 0.3 is 0 Å². The van der Waals surface area contributed by atoms with Crippen LogP contribution in [0.4, 0.5) is 0 Å². The highest BCUT2D eigenvalue weighted by Crippen LogP contribution is 2.38. The van der Waals surface area contributed by atoms with E-state index in [1.807, 2.05) is 13.8 Å². The van der Waals surface area contributed by atoms with E-state index in [9.17, 15) is 15.0 Å². The maximum absolute atomic E-state index is 11.9. The Balaban J connectivity index is 0.000000704. The molecule has 0 bridgehead atoms. The van der Waals surface area contributed by atoms with Crippen LogP contribution in [0.15, 0.2) is 36.4 Å². The highest BCUT2D eigenvalue weighted by molar-refractivity contribution is 6.05. The fraction of sp³-hybridized carbons (Fsp3) is 0.188. The fourth-order valence-electron chi connectivity index (χ4n) is 2.07. The van der Waals surface area contributed by atoms with Gasteiger partial charge < -0.3 is 14.9 Å². The summed E-state index contributed by atoms with van der Waals surface area (Å²) in [6.45, 7) is 3.90. The molecule has 0 spiro atoms. The quantitative estimate of drug-likeness (QED) is 0.771. The van der Waals surface area contributed by atoms with Crippen LogP contribution in [0.2, 0.25) is 0 Å². The van der Waals surface area contributed by atoms with Gasteiger partial charge in [-0.25, -0.2) is 0 Å². The van der Waals surface area contributed by atoms with Crippen molar-refractivity contribution in [3.8, 4) is 28.4 Å². The molecule has 4 nitrogen and oxygen atoms in total. The molecule has 4 heteroatoms. The number of fused-ring (bicyclic) bond motifs is 3. The first kappa shape index (κ1) is 13.9. The van der Waals surface area contributed by atoms with Crippen molar-refractivity contribution in [3.05, 3.63) is 42.0 Å². The third kappa shape index (κ3) is 2.45. The molecule has 104 valence electrons. The first-order valence-corrected chi connectivity index (χ1v) is 6.47. The molecule has 0 unspecified atom stereocenters. The van der Waals surface area contributed by atoms with Crippen LogP contribution >= 0.6 is 0 Å². The smallest absolute Gasteiger partial charge is 0.200 e. The van der Waals surface area contributed by atoms with Crippen molar-refractivity contribution in [1.29, 1.82) is 0 Å². The van der Waals surface area contributed by atoms with E-state index in [1.54, 1.807) is 12.1 Å². The summed E-state index contributed by atoms with van der Waals surface area (Å²) in [6, 6.07) is 9.34. The normalized spacial score (nSPS) is 12.2. The molecular formula is C16H16O4. The number of hydrogen-bond donors (Lipinski definition) is 2. The van der Waals surface area contributed by atoms with Crippen molar-refractivity contribution in [2.75, 3.05) is 6.61 Å². The maximum Gasteiger partial charge on any atom is 0.200 e. The minimum atomic E-state index is -0.198. The van der Waals surface area contributed by atoms with Crippen LogP contribution in [0.1, 0.15) is 24.2 Å². The van der Waals surface area contributed by atoms with E-state index in [2.05, 4.69) is 0 Å². The van der Waals surface area contributed by atoms with Crippen molar-refractivity contribution >= 4 is 5.78 Å². The SMILES string of the molecule is CC.O=C1COc2cc(O)ccc2-c2ccc(O)cc21. The van der Waals surface area contributed by atoms with Crippen LogP contribution in [0.5, 0.6) is 17.2 Å². The largest absolute Gasteiger partial charge is 0.508 e. The van der Waals surface area contributed by atoms with Gasteiger partial charge in [-0.15, -0.1) is 0 Å². The van der Waals surface area contributed by atoms with E-state index in [0.29, 0.717) is 16.9 Å². The molecule has 3 rings (SSSR count). The number of phenols is 2. The minimum Gasteiger partial charge on any atom is -0.508 e. The molecular weight excluding hydrogens is 256 g/mol. The van der Waals surface area contributed by atoms with Crippen molar-refractivity contribution in [2.45, 2.75) is 13.8 Å². The van der Waals surface area contributed by atoms with E-state index >= 15 is 0 Å². The van der Waals surface area contributed by atoms with Crippen LogP contribution < -0.4 is 4.74 Å². The summed E-state index contributed by atoms with van der Waals surface area (Å²) in [5.74, 6) is 0.400. The standard InChI is InChI=1S/C14H10O4.C2H6/c15-8-1-3-10-11-4-2-9(16)6-14(11)18-7-13(17)12(10)5-8;1-2/h1-6,15-16H,7H2;1-2H3. The van der Waals surface area contributed by atoms with Gasteiger partial charge in [0.25, 0.3) is 0 Å². The van der Waals surface area contributed by atoms with Gasteiger partial charge in [0.1, 0.15) is 17.2 Å². The third-order valence-corrected chi connectivity index (χ3v) is 2.92. The molecule has 0 aromatic heterocycles. The Kier molecular flexibility index (Phi) is 3.94. The van der Waals surface area contributed by atoms with Crippen LogP contribution in [-0.2, 0) is 0 Å². The van der Waals surface area contributed by atoms with E-state index < -0.39 is 0 Å². The zero-order valence-corrected chi connectivity index (χ0v) is 11.4. The number of ketones is 1. The summed E-state index contributed by atoms with van der Waals surface area (Å²) in [5.41, 5.74) is 1.86. The number of Topliss-reactive ketones (excluding diaryl/α,β-unsaturated/α-hetero) is 1. The number of rotatable bonds is 0. The zero-order chi connectivity index (χ0) is 14.7. The Morgan fingerprint density at radius 1 is 0.900 bits per heavy atom. The lowest BCUT2D eigenvalue weighted by Crippen LogP contribution is -2.09. The molecule has 1 aliphatic rings. The second-order valence-corrected chi connectivity index (χ2v) is 4.12. The summed E-state index contributed by atoms with van der Waals surface area (Å²) in [5, 5.41) is 18.9. The maximum atomic E-state index is 11.9. The Hall–Kier alpha value is -2.49. The predicted molar refractivity (Wildman–Crippen MR) is 76.4 cm³/mol. The Labute approximate surface area is 117 Å². The molecule has 0 atom stereocenters. The van der Waals surface area contributed by atoms with Crippen LogP contribution in [-0.4, -0.2) is 22.6 Å². The molecule has 1 heterocycles. The fourth-order valence-corrected chi connectivity index (χ4v) is 2.07. The first-order chi connectivity index (χ1) is 9.65. The van der Waals surface area contributed by atoms with Gasteiger partial charge in [0.05, 0.1) is 0 Å². The molecule has 2 aromatic carbocycles. The molecule has 0 fully saturated rings. The summed E-state index contributed by atoms with van der Waals surface area (Å²) in [7, 11) is 0. The Bertz CT molecular complexity index is 647. The molecule has 0 amide bonds. The molecule has 20 heavy (non-hydrogen) atoms. The molecule has 2 aromatic rings. The van der Waals surface area contributed by atoms with Crippen molar-refractivity contribution < 1.29 is 19.7 Å². The van der Waals surface area contributed by atoms with Gasteiger partial charge in [-0.05, 0) is 35.9 Å². The second-order valence-electron chi connectivity index (χ2n) is 4.12. The Morgan fingerprint density at radius 3 is 2.20 bits per heavy atom. The van der Waals surface area contributed by atoms with E-state index in [0.717, 1.165) is 5.56 Å². The summed E-state index contributed by atoms with van der Waals surface area (Å²) in [4.78, 5) is 11.9. The molecule has 0 saturated carbocycles. The highest BCUT2D eigenvalue weighted by atomic mass is 16.5. The van der Waals surface area contributed by atoms with Gasteiger partial charge in [0.2, 0.25) is 5.78 Å². The van der Waals surface area contributed by atoms with Gasteiger partial charge in [-0.3, -0.25) is 4.79 Å². The van der Waals surface area contributed by atoms with Crippen molar-refractivity contribution in [3.63, 3.8) is 0 Å². The summed E-state index contributed by atoms with van der Waals surface area (Å²) in [6.07, 6.45) is 0. The van der Waals surface area contributed by atoms with Crippen LogP contribution in [0, 0.1) is 0 Å². The highest BCUT2D eigenvalue weighted by Gasteiger charge is 2.21.